The molecular formula is C25H30Cl2FN3O4S. The lowest BCUT2D eigenvalue weighted by molar-refractivity contribution is -0.139. The van der Waals surface area contributed by atoms with Gasteiger partial charge < -0.3 is 10.2 Å². The van der Waals surface area contributed by atoms with Gasteiger partial charge in [-0.1, -0.05) is 54.6 Å². The second-order valence-corrected chi connectivity index (χ2v) is 11.8. The smallest absolute Gasteiger partial charge is 0.244 e. The van der Waals surface area contributed by atoms with Crippen molar-refractivity contribution in [2.24, 2.45) is 0 Å². The van der Waals surface area contributed by atoms with Crippen molar-refractivity contribution in [2.75, 3.05) is 17.1 Å². The Hall–Kier alpha value is -2.36. The Bertz CT molecular complexity index is 1190. The lowest BCUT2D eigenvalue weighted by Crippen LogP contribution is -2.53. The Kier molecular flexibility index (Phi) is 9.60. The monoisotopic (exact) mass is 557 g/mol. The van der Waals surface area contributed by atoms with Gasteiger partial charge in [0.05, 0.1) is 17.0 Å². The van der Waals surface area contributed by atoms with Crippen molar-refractivity contribution in [3.8, 4) is 0 Å². The highest BCUT2D eigenvalue weighted by Crippen LogP contribution is 2.31. The van der Waals surface area contributed by atoms with Gasteiger partial charge in [-0.15, -0.1) is 0 Å². The maximum Gasteiger partial charge on any atom is 0.244 e. The summed E-state index contributed by atoms with van der Waals surface area (Å²) >= 11 is 12.3. The van der Waals surface area contributed by atoms with Gasteiger partial charge in [-0.05, 0) is 55.7 Å². The molecule has 0 bridgehead atoms. The Labute approximate surface area is 221 Å². The molecule has 196 valence electrons. The van der Waals surface area contributed by atoms with Gasteiger partial charge in [0.25, 0.3) is 0 Å². The number of carbonyl (C=O) groups is 2. The Morgan fingerprint density at radius 1 is 1.08 bits per heavy atom. The first kappa shape index (κ1) is 28.2. The number of hydrogen-bond acceptors (Lipinski definition) is 4. The number of benzene rings is 2. The second-order valence-electron chi connectivity index (χ2n) is 9.03. The van der Waals surface area contributed by atoms with E-state index in [9.17, 15) is 22.4 Å². The molecule has 1 atom stereocenters. The third kappa shape index (κ3) is 7.57. The molecule has 11 heteroatoms. The maximum absolute atomic E-state index is 13.6. The van der Waals surface area contributed by atoms with Gasteiger partial charge in [0.1, 0.15) is 18.4 Å². The summed E-state index contributed by atoms with van der Waals surface area (Å²) in [7, 11) is -3.94. The van der Waals surface area contributed by atoms with Crippen LogP contribution in [0.4, 0.5) is 10.1 Å². The molecule has 1 fully saturated rings. The number of nitrogens with one attached hydrogen (secondary N) is 1. The van der Waals surface area contributed by atoms with E-state index in [0.717, 1.165) is 42.7 Å². The Balaban J connectivity index is 1.89. The topological polar surface area (TPSA) is 86.8 Å². The lowest BCUT2D eigenvalue weighted by atomic mass is 9.95. The molecule has 0 saturated heterocycles. The predicted octanol–water partition coefficient (Wildman–Crippen LogP) is 4.76. The highest BCUT2D eigenvalue weighted by molar-refractivity contribution is 7.92. The molecule has 1 aliphatic rings. The van der Waals surface area contributed by atoms with Crippen LogP contribution in [0.2, 0.25) is 10.0 Å². The summed E-state index contributed by atoms with van der Waals surface area (Å²) in [4.78, 5) is 28.0. The van der Waals surface area contributed by atoms with Crippen molar-refractivity contribution in [3.05, 3.63) is 63.9 Å². The largest absolute Gasteiger partial charge is 0.352 e. The SMILES string of the molecule is CC(C(=O)NC1CCCCC1)N(Cc1ccc(F)cc1)C(=O)CN(c1cc(Cl)ccc1Cl)S(C)(=O)=O. The van der Waals surface area contributed by atoms with Gasteiger partial charge in [0, 0.05) is 17.6 Å². The zero-order chi connectivity index (χ0) is 26.5. The fraction of sp³-hybridized carbons (Fsp3) is 0.440. The van der Waals surface area contributed by atoms with E-state index in [1.165, 1.54) is 47.4 Å². The van der Waals surface area contributed by atoms with Gasteiger partial charge in [0.2, 0.25) is 21.8 Å². The molecule has 36 heavy (non-hydrogen) atoms. The van der Waals surface area contributed by atoms with Crippen molar-refractivity contribution in [1.82, 2.24) is 10.2 Å². The zero-order valence-corrected chi connectivity index (χ0v) is 22.5. The Morgan fingerprint density at radius 2 is 1.72 bits per heavy atom. The molecule has 0 aliphatic heterocycles. The number of anilines is 1. The van der Waals surface area contributed by atoms with E-state index in [1.807, 2.05) is 0 Å². The van der Waals surface area contributed by atoms with Crippen molar-refractivity contribution in [1.29, 1.82) is 0 Å². The molecule has 7 nitrogen and oxygen atoms in total. The van der Waals surface area contributed by atoms with Crippen LogP contribution in [0.25, 0.3) is 0 Å². The normalized spacial score (nSPS) is 15.2. The van der Waals surface area contributed by atoms with E-state index in [-0.39, 0.29) is 34.2 Å². The van der Waals surface area contributed by atoms with Gasteiger partial charge in [-0.2, -0.15) is 0 Å². The van der Waals surface area contributed by atoms with Crippen LogP contribution in [-0.4, -0.2) is 50.0 Å². The lowest BCUT2D eigenvalue weighted by Gasteiger charge is -2.33. The molecule has 3 rings (SSSR count). The number of carbonyl (C=O) groups excluding carboxylic acids is 2. The number of nitrogens with zero attached hydrogens (tertiary/aromatic N) is 2. The fourth-order valence-electron chi connectivity index (χ4n) is 4.21. The third-order valence-corrected chi connectivity index (χ3v) is 7.92. The van der Waals surface area contributed by atoms with E-state index >= 15 is 0 Å². The molecule has 0 aromatic heterocycles. The first-order valence-corrected chi connectivity index (χ1v) is 14.3. The molecule has 2 aromatic rings. The standard InChI is InChI=1S/C25H30Cl2FN3O4S/c1-17(25(33)29-21-6-4-3-5-7-21)30(15-18-8-11-20(28)12-9-18)24(32)16-31(36(2,34)35)23-14-19(26)10-13-22(23)27/h8-14,17,21H,3-7,15-16H2,1-2H3,(H,29,33). The van der Waals surface area contributed by atoms with Crippen LogP contribution in [0, 0.1) is 5.82 Å². The molecule has 2 aromatic carbocycles. The van der Waals surface area contributed by atoms with Crippen LogP contribution >= 0.6 is 23.2 Å². The molecule has 1 saturated carbocycles. The van der Waals surface area contributed by atoms with Crippen LogP contribution in [0.3, 0.4) is 0 Å². The summed E-state index contributed by atoms with van der Waals surface area (Å²) in [5, 5.41) is 3.37. The Morgan fingerprint density at radius 3 is 2.33 bits per heavy atom. The van der Waals surface area contributed by atoms with Gasteiger partial charge in [0.15, 0.2) is 0 Å². The minimum absolute atomic E-state index is 0.0146. The van der Waals surface area contributed by atoms with Gasteiger partial charge in [-0.3, -0.25) is 13.9 Å². The van der Waals surface area contributed by atoms with E-state index in [0.29, 0.717) is 5.56 Å². The number of sulfonamides is 1. The maximum atomic E-state index is 13.6. The number of halogens is 3. The summed E-state index contributed by atoms with van der Waals surface area (Å²) < 4.78 is 39.6. The van der Waals surface area contributed by atoms with E-state index in [2.05, 4.69) is 5.32 Å². The van der Waals surface area contributed by atoms with Crippen LogP contribution < -0.4 is 9.62 Å². The highest BCUT2D eigenvalue weighted by atomic mass is 35.5. The third-order valence-electron chi connectivity index (χ3n) is 6.24. The number of amides is 2. The number of hydrogen-bond donors (Lipinski definition) is 1. The van der Waals surface area contributed by atoms with Gasteiger partial charge in [-0.25, -0.2) is 12.8 Å². The van der Waals surface area contributed by atoms with Crippen LogP contribution in [0.1, 0.15) is 44.6 Å². The highest BCUT2D eigenvalue weighted by Gasteiger charge is 2.31. The predicted molar refractivity (Wildman–Crippen MR) is 140 cm³/mol. The van der Waals surface area contributed by atoms with Crippen LogP contribution in [0.5, 0.6) is 0 Å². The molecule has 2 amide bonds. The van der Waals surface area contributed by atoms with Crippen molar-refractivity contribution in [2.45, 2.75) is 57.7 Å². The van der Waals surface area contributed by atoms with Crippen molar-refractivity contribution >= 4 is 50.7 Å². The molecular weight excluding hydrogens is 528 g/mol. The zero-order valence-electron chi connectivity index (χ0n) is 20.2. The van der Waals surface area contributed by atoms with Crippen molar-refractivity contribution in [3.63, 3.8) is 0 Å². The first-order chi connectivity index (χ1) is 17.0. The fourth-order valence-corrected chi connectivity index (χ4v) is 5.50. The van der Waals surface area contributed by atoms with E-state index in [1.54, 1.807) is 6.92 Å². The van der Waals surface area contributed by atoms with E-state index in [4.69, 9.17) is 23.2 Å². The first-order valence-electron chi connectivity index (χ1n) is 11.7. The molecule has 0 heterocycles. The quantitative estimate of drug-likeness (QED) is 0.481. The van der Waals surface area contributed by atoms with Crippen LogP contribution in [-0.2, 0) is 26.2 Å². The van der Waals surface area contributed by atoms with E-state index < -0.39 is 34.3 Å². The minimum Gasteiger partial charge on any atom is -0.352 e. The minimum atomic E-state index is -3.94. The number of rotatable bonds is 9. The molecule has 1 aliphatic carbocycles. The molecule has 1 unspecified atom stereocenters. The summed E-state index contributed by atoms with van der Waals surface area (Å²) in [6.45, 7) is 0.983. The summed E-state index contributed by atoms with van der Waals surface area (Å²) in [5.74, 6) is -1.38. The van der Waals surface area contributed by atoms with Gasteiger partial charge >= 0.3 is 0 Å². The second kappa shape index (κ2) is 12.3. The molecule has 0 radical (unpaired) electrons. The van der Waals surface area contributed by atoms with Crippen LogP contribution in [0.15, 0.2) is 42.5 Å². The average molecular weight is 559 g/mol. The summed E-state index contributed by atoms with van der Waals surface area (Å²) in [6, 6.07) is 9.01. The van der Waals surface area contributed by atoms with Crippen molar-refractivity contribution < 1.29 is 22.4 Å². The molecule has 1 N–H and O–H groups in total. The molecule has 0 spiro atoms. The average Bonchev–Trinajstić information content (AvgIpc) is 2.83. The summed E-state index contributed by atoms with van der Waals surface area (Å²) in [5.41, 5.74) is 0.648. The summed E-state index contributed by atoms with van der Waals surface area (Å²) in [6.07, 6.45) is 5.90.